The predicted octanol–water partition coefficient (Wildman–Crippen LogP) is 2.52. The number of rotatable bonds is 3. The third-order valence-electron chi connectivity index (χ3n) is 2.05. The van der Waals surface area contributed by atoms with Crippen LogP contribution in [0.25, 0.3) is 0 Å². The summed E-state index contributed by atoms with van der Waals surface area (Å²) in [5, 5.41) is 0. The lowest BCUT2D eigenvalue weighted by Crippen LogP contribution is -2.16. The molecule has 1 aromatic carbocycles. The second-order valence-corrected chi connectivity index (χ2v) is 3.46. The third-order valence-corrected chi connectivity index (χ3v) is 2.05. The molecule has 0 fully saturated rings. The molecule has 0 saturated carbocycles. The minimum atomic E-state index is -1.38. The van der Waals surface area contributed by atoms with E-state index in [1.807, 2.05) is 0 Å². The van der Waals surface area contributed by atoms with E-state index in [0.717, 1.165) is 0 Å². The topological polar surface area (TPSA) is 26.0 Å². The van der Waals surface area contributed by atoms with Crippen LogP contribution in [0, 0.1) is 23.3 Å². The van der Waals surface area contributed by atoms with Crippen molar-refractivity contribution in [1.29, 1.82) is 0 Å². The molecule has 84 valence electrons. The monoisotopic (exact) mass is 221 g/mol. The number of halogens is 4. The quantitative estimate of drug-likeness (QED) is 0.616. The van der Waals surface area contributed by atoms with Gasteiger partial charge < -0.3 is 5.73 Å². The molecule has 1 rings (SSSR count). The van der Waals surface area contributed by atoms with E-state index in [9.17, 15) is 17.6 Å². The number of hydrogen-bond donors (Lipinski definition) is 1. The molecule has 0 aromatic heterocycles. The summed E-state index contributed by atoms with van der Waals surface area (Å²) >= 11 is 0. The van der Waals surface area contributed by atoms with Gasteiger partial charge >= 0.3 is 0 Å². The van der Waals surface area contributed by atoms with Crippen molar-refractivity contribution in [1.82, 2.24) is 0 Å². The molecule has 15 heavy (non-hydrogen) atoms. The van der Waals surface area contributed by atoms with Gasteiger partial charge in [0.15, 0.2) is 23.3 Å². The molecule has 0 radical (unpaired) electrons. The summed E-state index contributed by atoms with van der Waals surface area (Å²) in [5.41, 5.74) is 4.81. The fourth-order valence-electron chi connectivity index (χ4n) is 1.21. The first kappa shape index (κ1) is 12.0. The summed E-state index contributed by atoms with van der Waals surface area (Å²) in [6, 6.07) is -0.0878. The predicted molar refractivity (Wildman–Crippen MR) is 48.2 cm³/mol. The highest BCUT2D eigenvalue weighted by molar-refractivity contribution is 5.22. The normalized spacial score (nSPS) is 12.9. The maximum Gasteiger partial charge on any atom is 0.165 e. The van der Waals surface area contributed by atoms with Crippen LogP contribution in [-0.2, 0) is 6.42 Å². The van der Waals surface area contributed by atoms with Gasteiger partial charge in [-0.25, -0.2) is 17.6 Å². The molecule has 1 atom stereocenters. The van der Waals surface area contributed by atoms with Crippen LogP contribution in [0.5, 0.6) is 0 Å². The van der Waals surface area contributed by atoms with Gasteiger partial charge in [-0.1, -0.05) is 0 Å². The molecular weight excluding hydrogens is 210 g/mol. The van der Waals surface area contributed by atoms with E-state index >= 15 is 0 Å². The van der Waals surface area contributed by atoms with Crippen molar-refractivity contribution in [3.63, 3.8) is 0 Å². The summed E-state index contributed by atoms with van der Waals surface area (Å²) in [6.07, 6.45) is 0.140. The van der Waals surface area contributed by atoms with E-state index in [1.54, 1.807) is 6.92 Å². The van der Waals surface area contributed by atoms with Crippen LogP contribution < -0.4 is 5.73 Å². The molecule has 0 spiro atoms. The number of hydrogen-bond acceptors (Lipinski definition) is 1. The largest absolute Gasteiger partial charge is 0.328 e. The first-order chi connectivity index (χ1) is 6.93. The zero-order valence-electron chi connectivity index (χ0n) is 8.16. The fourth-order valence-corrected chi connectivity index (χ4v) is 1.21. The summed E-state index contributed by atoms with van der Waals surface area (Å²) in [4.78, 5) is 0. The van der Waals surface area contributed by atoms with Gasteiger partial charge in [0.05, 0.1) is 0 Å². The lowest BCUT2D eigenvalue weighted by atomic mass is 10.0. The Morgan fingerprint density at radius 3 is 2.00 bits per heavy atom. The number of benzene rings is 1. The molecular formula is C10H11F4N. The van der Waals surface area contributed by atoms with E-state index in [4.69, 9.17) is 5.73 Å². The van der Waals surface area contributed by atoms with Crippen LogP contribution in [0.3, 0.4) is 0 Å². The smallest absolute Gasteiger partial charge is 0.165 e. The first-order valence-corrected chi connectivity index (χ1v) is 4.51. The van der Waals surface area contributed by atoms with Gasteiger partial charge in [0, 0.05) is 17.7 Å². The van der Waals surface area contributed by atoms with E-state index in [2.05, 4.69) is 0 Å². The Morgan fingerprint density at radius 1 is 1.13 bits per heavy atom. The Kier molecular flexibility index (Phi) is 3.68. The highest BCUT2D eigenvalue weighted by Gasteiger charge is 2.18. The second kappa shape index (κ2) is 4.61. The van der Waals surface area contributed by atoms with Crippen molar-refractivity contribution in [2.75, 3.05) is 0 Å². The van der Waals surface area contributed by atoms with Gasteiger partial charge in [-0.3, -0.25) is 0 Å². The summed E-state index contributed by atoms with van der Waals surface area (Å²) < 4.78 is 51.6. The van der Waals surface area contributed by atoms with Gasteiger partial charge in [0.25, 0.3) is 0 Å². The molecule has 0 aliphatic carbocycles. The van der Waals surface area contributed by atoms with Gasteiger partial charge in [-0.2, -0.15) is 0 Å². The molecule has 0 unspecified atom stereocenters. The van der Waals surface area contributed by atoms with Crippen molar-refractivity contribution >= 4 is 0 Å². The Labute approximate surface area is 84.9 Å². The molecule has 0 aliphatic heterocycles. The molecule has 1 nitrogen and oxygen atoms in total. The lowest BCUT2D eigenvalue weighted by molar-refractivity contribution is 0.435. The summed E-state index contributed by atoms with van der Waals surface area (Å²) in [6.45, 7) is 1.64. The molecule has 0 heterocycles. The van der Waals surface area contributed by atoms with Crippen LogP contribution in [0.1, 0.15) is 18.9 Å². The minimum absolute atomic E-state index is 0.121. The molecule has 2 N–H and O–H groups in total. The van der Waals surface area contributed by atoms with Gasteiger partial charge in [-0.15, -0.1) is 0 Å². The van der Waals surface area contributed by atoms with E-state index in [-0.39, 0.29) is 24.9 Å². The van der Waals surface area contributed by atoms with Crippen molar-refractivity contribution in [3.05, 3.63) is 34.9 Å². The van der Waals surface area contributed by atoms with Crippen LogP contribution >= 0.6 is 0 Å². The van der Waals surface area contributed by atoms with Crippen molar-refractivity contribution in [2.45, 2.75) is 25.8 Å². The molecule has 0 bridgehead atoms. The minimum Gasteiger partial charge on any atom is -0.328 e. The summed E-state index contributed by atoms with van der Waals surface area (Å²) in [5.74, 6) is -5.44. The van der Waals surface area contributed by atoms with Gasteiger partial charge in [0.1, 0.15) is 0 Å². The van der Waals surface area contributed by atoms with Crippen LogP contribution in [0.15, 0.2) is 6.07 Å². The standard InChI is InChI=1S/C10H11F4N/c1-5(15)2-3-6-9(13)7(11)4-8(12)10(6)14/h4-5H,2-3,15H2,1H3/t5-/m1/s1. The average Bonchev–Trinajstić information content (AvgIpc) is 2.14. The van der Waals surface area contributed by atoms with E-state index < -0.39 is 28.8 Å². The van der Waals surface area contributed by atoms with Crippen LogP contribution in [0.2, 0.25) is 0 Å². The Hall–Kier alpha value is -1.10. The molecule has 0 amide bonds. The van der Waals surface area contributed by atoms with E-state index in [0.29, 0.717) is 0 Å². The molecule has 0 saturated heterocycles. The van der Waals surface area contributed by atoms with E-state index in [1.165, 1.54) is 0 Å². The highest BCUT2D eigenvalue weighted by Crippen LogP contribution is 2.20. The Morgan fingerprint density at radius 2 is 1.60 bits per heavy atom. The molecule has 0 aliphatic rings. The zero-order chi connectivity index (χ0) is 11.6. The maximum absolute atomic E-state index is 13.1. The zero-order valence-corrected chi connectivity index (χ0v) is 8.16. The van der Waals surface area contributed by atoms with Crippen molar-refractivity contribution < 1.29 is 17.6 Å². The summed E-state index contributed by atoms with van der Waals surface area (Å²) in [7, 11) is 0. The second-order valence-electron chi connectivity index (χ2n) is 3.46. The van der Waals surface area contributed by atoms with Crippen molar-refractivity contribution in [3.8, 4) is 0 Å². The number of nitrogens with two attached hydrogens (primary N) is 1. The SMILES string of the molecule is C[C@@H](N)CCc1c(F)c(F)cc(F)c1F. The lowest BCUT2D eigenvalue weighted by Gasteiger charge is -2.08. The van der Waals surface area contributed by atoms with Crippen LogP contribution in [-0.4, -0.2) is 6.04 Å². The van der Waals surface area contributed by atoms with Gasteiger partial charge in [0.2, 0.25) is 0 Å². The maximum atomic E-state index is 13.1. The van der Waals surface area contributed by atoms with Gasteiger partial charge in [-0.05, 0) is 19.8 Å². The van der Waals surface area contributed by atoms with Crippen molar-refractivity contribution in [2.24, 2.45) is 5.73 Å². The highest BCUT2D eigenvalue weighted by atomic mass is 19.2. The Bertz CT molecular complexity index is 337. The molecule has 5 heteroatoms. The first-order valence-electron chi connectivity index (χ1n) is 4.51. The third kappa shape index (κ3) is 2.68. The fraction of sp³-hybridized carbons (Fsp3) is 0.400. The Balaban J connectivity index is 3.04. The molecule has 1 aromatic rings. The average molecular weight is 221 g/mol. The van der Waals surface area contributed by atoms with Crippen LogP contribution in [0.4, 0.5) is 17.6 Å².